The SMILES string of the molecule is CC(=O)OCC1=C(C(=O)O)N2C(=O)[C@@H](NC(=O)C(O)c3ccc(N)cc3)[C@H]2SC1. The fourth-order valence-electron chi connectivity index (χ4n) is 3.04. The first-order chi connectivity index (χ1) is 13.7. The molecule has 29 heavy (non-hydrogen) atoms. The molecule has 3 rings (SSSR count). The molecular formula is C18H19N3O7S. The minimum absolute atomic E-state index is 0.218. The molecule has 2 aliphatic heterocycles. The van der Waals surface area contributed by atoms with E-state index in [1.807, 2.05) is 0 Å². The van der Waals surface area contributed by atoms with Crippen molar-refractivity contribution in [2.24, 2.45) is 0 Å². The van der Waals surface area contributed by atoms with Gasteiger partial charge in [0.05, 0.1) is 0 Å². The smallest absolute Gasteiger partial charge is 0.352 e. The van der Waals surface area contributed by atoms with E-state index in [2.05, 4.69) is 5.32 Å². The number of nitrogen functional groups attached to an aromatic ring is 1. The number of aliphatic carboxylic acids is 1. The van der Waals surface area contributed by atoms with Crippen LogP contribution in [-0.4, -0.2) is 62.6 Å². The third-order valence-corrected chi connectivity index (χ3v) is 5.84. The second kappa shape index (κ2) is 8.13. The molecule has 0 aliphatic carbocycles. The lowest BCUT2D eigenvalue weighted by atomic mass is 10.0. The van der Waals surface area contributed by atoms with E-state index in [1.165, 1.54) is 43.0 Å². The van der Waals surface area contributed by atoms with E-state index in [4.69, 9.17) is 10.5 Å². The lowest BCUT2D eigenvalue weighted by Crippen LogP contribution is -2.71. The van der Waals surface area contributed by atoms with Gasteiger partial charge in [0.2, 0.25) is 0 Å². The largest absolute Gasteiger partial charge is 0.477 e. The second-order valence-electron chi connectivity index (χ2n) is 6.50. The van der Waals surface area contributed by atoms with E-state index in [1.54, 1.807) is 0 Å². The minimum Gasteiger partial charge on any atom is -0.477 e. The number of carboxylic acids is 1. The first-order valence-corrected chi connectivity index (χ1v) is 9.62. The lowest BCUT2D eigenvalue weighted by Gasteiger charge is -2.49. The number of esters is 1. The van der Waals surface area contributed by atoms with Crippen LogP contribution in [0.25, 0.3) is 0 Å². The Morgan fingerprint density at radius 3 is 2.59 bits per heavy atom. The highest BCUT2D eigenvalue weighted by molar-refractivity contribution is 8.00. The number of hydrogen-bond acceptors (Lipinski definition) is 8. The molecule has 3 atom stereocenters. The Hall–Kier alpha value is -3.05. The van der Waals surface area contributed by atoms with Gasteiger partial charge in [0, 0.05) is 23.9 Å². The molecule has 10 nitrogen and oxygen atoms in total. The Labute approximate surface area is 169 Å². The molecule has 5 N–H and O–H groups in total. The fourth-order valence-corrected chi connectivity index (χ4v) is 4.37. The quantitative estimate of drug-likeness (QED) is 0.272. The van der Waals surface area contributed by atoms with Crippen LogP contribution in [0.4, 0.5) is 5.69 Å². The number of aliphatic hydroxyl groups excluding tert-OH is 1. The standard InChI is InChI=1S/C18H19N3O7S/c1-8(22)28-6-10-7-29-17-12(16(25)21(17)13(10)18(26)27)20-15(24)14(23)9-2-4-11(19)5-3-9/h2-5,12,14,17,23H,6-7,19H2,1H3,(H,20,24)(H,26,27)/t12-,14?,17-/m1/s1. The molecule has 0 bridgehead atoms. The molecule has 2 aliphatic rings. The predicted molar refractivity (Wildman–Crippen MR) is 102 cm³/mol. The molecule has 0 saturated carbocycles. The average Bonchev–Trinajstić information content (AvgIpc) is 2.69. The summed E-state index contributed by atoms with van der Waals surface area (Å²) in [6, 6.07) is 5.09. The first-order valence-electron chi connectivity index (χ1n) is 8.58. The highest BCUT2D eigenvalue weighted by atomic mass is 32.2. The van der Waals surface area contributed by atoms with E-state index in [0.717, 1.165) is 4.90 Å². The van der Waals surface area contributed by atoms with Gasteiger partial charge in [-0.3, -0.25) is 19.3 Å². The van der Waals surface area contributed by atoms with E-state index < -0.39 is 41.3 Å². The summed E-state index contributed by atoms with van der Waals surface area (Å²) in [4.78, 5) is 48.6. The van der Waals surface area contributed by atoms with Crippen LogP contribution in [-0.2, 0) is 23.9 Å². The Morgan fingerprint density at radius 2 is 2.00 bits per heavy atom. The van der Waals surface area contributed by atoms with Gasteiger partial charge in [0.25, 0.3) is 11.8 Å². The number of fused-ring (bicyclic) bond motifs is 1. The number of carboxylic acid groups (broad SMARTS) is 1. The minimum atomic E-state index is -1.50. The van der Waals surface area contributed by atoms with Gasteiger partial charge >= 0.3 is 11.9 Å². The second-order valence-corrected chi connectivity index (χ2v) is 7.61. The zero-order valence-electron chi connectivity index (χ0n) is 15.3. The molecule has 0 aromatic heterocycles. The predicted octanol–water partition coefficient (Wildman–Crippen LogP) is -0.396. The maximum Gasteiger partial charge on any atom is 0.352 e. The third-order valence-electron chi connectivity index (χ3n) is 4.50. The molecule has 1 aromatic carbocycles. The number of carbonyl (C=O) groups excluding carboxylic acids is 3. The number of benzene rings is 1. The van der Waals surface area contributed by atoms with Crippen molar-refractivity contribution in [2.45, 2.75) is 24.4 Å². The highest BCUT2D eigenvalue weighted by Crippen LogP contribution is 2.40. The van der Waals surface area contributed by atoms with Gasteiger partial charge in [0.1, 0.15) is 23.7 Å². The van der Waals surface area contributed by atoms with Crippen molar-refractivity contribution in [3.05, 3.63) is 41.1 Å². The number of carbonyl (C=O) groups is 4. The summed E-state index contributed by atoms with van der Waals surface area (Å²) in [5.74, 6) is -3.06. The Morgan fingerprint density at radius 1 is 1.34 bits per heavy atom. The van der Waals surface area contributed by atoms with Crippen molar-refractivity contribution in [1.29, 1.82) is 0 Å². The normalized spacial score (nSPS) is 21.7. The summed E-state index contributed by atoms with van der Waals surface area (Å²) in [5.41, 5.74) is 6.42. The van der Waals surface area contributed by atoms with E-state index in [9.17, 15) is 29.4 Å². The maximum absolute atomic E-state index is 12.5. The molecule has 1 fully saturated rings. The van der Waals surface area contributed by atoms with Crippen LogP contribution in [0, 0.1) is 0 Å². The van der Waals surface area contributed by atoms with Gasteiger partial charge in [-0.1, -0.05) is 12.1 Å². The highest BCUT2D eigenvalue weighted by Gasteiger charge is 2.54. The lowest BCUT2D eigenvalue weighted by molar-refractivity contribution is -0.152. The molecule has 0 spiro atoms. The number of amides is 2. The van der Waals surface area contributed by atoms with Crippen molar-refractivity contribution < 1.29 is 34.1 Å². The van der Waals surface area contributed by atoms with Gasteiger partial charge < -0.3 is 26.0 Å². The molecule has 1 unspecified atom stereocenters. The number of thioether (sulfide) groups is 1. The van der Waals surface area contributed by atoms with Gasteiger partial charge in [0.15, 0.2) is 6.10 Å². The van der Waals surface area contributed by atoms with Crippen LogP contribution < -0.4 is 11.1 Å². The van der Waals surface area contributed by atoms with Crippen molar-refractivity contribution in [2.75, 3.05) is 18.1 Å². The van der Waals surface area contributed by atoms with Gasteiger partial charge in [-0.25, -0.2) is 4.79 Å². The zero-order valence-corrected chi connectivity index (χ0v) is 16.1. The van der Waals surface area contributed by atoms with Gasteiger partial charge in [-0.15, -0.1) is 11.8 Å². The molecule has 2 amide bonds. The molecule has 1 saturated heterocycles. The molecule has 0 radical (unpaired) electrons. The van der Waals surface area contributed by atoms with Crippen LogP contribution in [0.5, 0.6) is 0 Å². The number of nitrogens with one attached hydrogen (secondary N) is 1. The summed E-state index contributed by atoms with van der Waals surface area (Å²) >= 11 is 1.24. The monoisotopic (exact) mass is 421 g/mol. The third kappa shape index (κ3) is 4.05. The van der Waals surface area contributed by atoms with E-state index in [0.29, 0.717) is 16.8 Å². The number of nitrogens with two attached hydrogens (primary N) is 1. The van der Waals surface area contributed by atoms with Crippen LogP contribution in [0.15, 0.2) is 35.5 Å². The topological polar surface area (TPSA) is 159 Å². The number of β-lactam (4-membered cyclic amide) rings is 1. The number of aliphatic hydroxyl groups is 1. The number of nitrogens with zero attached hydrogens (tertiary/aromatic N) is 1. The van der Waals surface area contributed by atoms with Crippen molar-refractivity contribution in [3.8, 4) is 0 Å². The first kappa shape index (κ1) is 20.7. The molecule has 154 valence electrons. The Kier molecular flexibility index (Phi) is 5.80. The van der Waals surface area contributed by atoms with Gasteiger partial charge in [-0.2, -0.15) is 0 Å². The summed E-state index contributed by atoms with van der Waals surface area (Å²) in [7, 11) is 0. The fraction of sp³-hybridized carbons (Fsp3) is 0.333. The van der Waals surface area contributed by atoms with Crippen molar-refractivity contribution in [3.63, 3.8) is 0 Å². The summed E-state index contributed by atoms with van der Waals surface area (Å²) in [6.45, 7) is 0.972. The molecule has 1 aromatic rings. The number of ether oxygens (including phenoxy) is 1. The summed E-state index contributed by atoms with van der Waals surface area (Å²) in [6.07, 6.45) is -1.50. The molecule has 11 heteroatoms. The maximum atomic E-state index is 12.5. The van der Waals surface area contributed by atoms with E-state index in [-0.39, 0.29) is 18.1 Å². The average molecular weight is 421 g/mol. The van der Waals surface area contributed by atoms with Crippen LogP contribution >= 0.6 is 11.8 Å². The van der Waals surface area contributed by atoms with E-state index >= 15 is 0 Å². The van der Waals surface area contributed by atoms with Gasteiger partial charge in [-0.05, 0) is 17.7 Å². The zero-order chi connectivity index (χ0) is 21.3. The molecule has 2 heterocycles. The Bertz CT molecular complexity index is 899. The van der Waals surface area contributed by atoms with Crippen LogP contribution in [0.2, 0.25) is 0 Å². The summed E-state index contributed by atoms with van der Waals surface area (Å²) < 4.78 is 4.86. The van der Waals surface area contributed by atoms with Crippen molar-refractivity contribution >= 4 is 41.2 Å². The Balaban J connectivity index is 1.71. The summed E-state index contributed by atoms with van der Waals surface area (Å²) in [5, 5.41) is 21.5. The van der Waals surface area contributed by atoms with Crippen LogP contribution in [0.3, 0.4) is 0 Å². The number of hydrogen-bond donors (Lipinski definition) is 4. The number of anilines is 1. The molecular weight excluding hydrogens is 402 g/mol. The van der Waals surface area contributed by atoms with Crippen molar-refractivity contribution in [1.82, 2.24) is 10.2 Å². The number of rotatable bonds is 6. The van der Waals surface area contributed by atoms with Crippen LogP contribution in [0.1, 0.15) is 18.6 Å².